The van der Waals surface area contributed by atoms with Crippen molar-refractivity contribution in [1.29, 1.82) is 0 Å². The minimum absolute atomic E-state index is 0.199. The van der Waals surface area contributed by atoms with Gasteiger partial charge in [-0.15, -0.1) is 0 Å². The summed E-state index contributed by atoms with van der Waals surface area (Å²) in [5, 5.41) is 0. The summed E-state index contributed by atoms with van der Waals surface area (Å²) in [6.07, 6.45) is 9.86. The van der Waals surface area contributed by atoms with E-state index < -0.39 is 0 Å². The van der Waals surface area contributed by atoms with Crippen LogP contribution >= 0.6 is 0 Å². The standard InChI is InChI=1S/C19H23N5O/c1-25-13-12-23-9-7-21-18(23)15-24-11-10-22-8-3-5-17(22)19(24)16-4-2-6-20-14-16/h2-9,14,19H,10-13,15H2,1H3. The Morgan fingerprint density at radius 2 is 2.12 bits per heavy atom. The molecule has 25 heavy (non-hydrogen) atoms. The number of hydrogen-bond donors (Lipinski definition) is 0. The van der Waals surface area contributed by atoms with E-state index in [1.165, 1.54) is 11.3 Å². The van der Waals surface area contributed by atoms with Crippen molar-refractivity contribution in [2.24, 2.45) is 0 Å². The zero-order valence-corrected chi connectivity index (χ0v) is 14.5. The van der Waals surface area contributed by atoms with Crippen molar-refractivity contribution < 1.29 is 4.74 Å². The van der Waals surface area contributed by atoms with Gasteiger partial charge in [-0.2, -0.15) is 0 Å². The summed E-state index contributed by atoms with van der Waals surface area (Å²) >= 11 is 0. The van der Waals surface area contributed by atoms with Gasteiger partial charge in [0.1, 0.15) is 5.82 Å². The first-order chi connectivity index (χ1) is 12.4. The molecular weight excluding hydrogens is 314 g/mol. The van der Waals surface area contributed by atoms with E-state index in [0.717, 1.165) is 32.0 Å². The largest absolute Gasteiger partial charge is 0.383 e. The van der Waals surface area contributed by atoms with Gasteiger partial charge >= 0.3 is 0 Å². The fraction of sp³-hybridized carbons (Fsp3) is 0.368. The van der Waals surface area contributed by atoms with Gasteiger partial charge in [0.2, 0.25) is 0 Å². The van der Waals surface area contributed by atoms with E-state index in [0.29, 0.717) is 6.61 Å². The molecule has 6 nitrogen and oxygen atoms in total. The minimum atomic E-state index is 0.199. The van der Waals surface area contributed by atoms with Crippen LogP contribution in [0.25, 0.3) is 0 Å². The topological polar surface area (TPSA) is 48.1 Å². The number of fused-ring (bicyclic) bond motifs is 1. The van der Waals surface area contributed by atoms with Gasteiger partial charge < -0.3 is 13.9 Å². The molecule has 6 heteroatoms. The van der Waals surface area contributed by atoms with Gasteiger partial charge in [-0.05, 0) is 23.8 Å². The number of ether oxygens (including phenoxy) is 1. The van der Waals surface area contributed by atoms with Crippen LogP contribution in [0.2, 0.25) is 0 Å². The van der Waals surface area contributed by atoms with Crippen molar-refractivity contribution in [2.75, 3.05) is 20.3 Å². The molecule has 130 valence electrons. The fourth-order valence-corrected chi connectivity index (χ4v) is 3.59. The maximum Gasteiger partial charge on any atom is 0.122 e. The monoisotopic (exact) mass is 337 g/mol. The van der Waals surface area contributed by atoms with E-state index in [-0.39, 0.29) is 6.04 Å². The number of methoxy groups -OCH3 is 1. The summed E-state index contributed by atoms with van der Waals surface area (Å²) in [5.41, 5.74) is 2.53. The van der Waals surface area contributed by atoms with Crippen molar-refractivity contribution in [3.8, 4) is 0 Å². The number of aromatic nitrogens is 4. The third kappa shape index (κ3) is 3.23. The summed E-state index contributed by atoms with van der Waals surface area (Å²) < 4.78 is 9.73. The average Bonchev–Trinajstić information content (AvgIpc) is 3.29. The third-order valence-corrected chi connectivity index (χ3v) is 4.82. The first kappa shape index (κ1) is 16.1. The van der Waals surface area contributed by atoms with Crippen LogP contribution in [0.1, 0.15) is 23.1 Å². The Morgan fingerprint density at radius 3 is 2.96 bits per heavy atom. The van der Waals surface area contributed by atoms with E-state index in [1.807, 2.05) is 30.9 Å². The van der Waals surface area contributed by atoms with Crippen LogP contribution in [0.5, 0.6) is 0 Å². The Hall–Kier alpha value is -2.44. The van der Waals surface area contributed by atoms with E-state index in [2.05, 4.69) is 48.4 Å². The molecule has 3 aromatic rings. The number of rotatable bonds is 6. The Balaban J connectivity index is 1.63. The molecule has 1 atom stereocenters. The van der Waals surface area contributed by atoms with Crippen molar-refractivity contribution >= 4 is 0 Å². The highest BCUT2D eigenvalue weighted by molar-refractivity contribution is 5.28. The first-order valence-corrected chi connectivity index (χ1v) is 8.65. The van der Waals surface area contributed by atoms with Crippen LogP contribution in [0.15, 0.2) is 55.2 Å². The Kier molecular flexibility index (Phi) is 4.63. The Bertz CT molecular complexity index is 810. The number of pyridine rings is 1. The molecule has 3 aromatic heterocycles. The van der Waals surface area contributed by atoms with Crippen LogP contribution in [-0.4, -0.2) is 44.3 Å². The molecule has 0 aliphatic carbocycles. The van der Waals surface area contributed by atoms with Gasteiger partial charge in [-0.1, -0.05) is 6.07 Å². The highest BCUT2D eigenvalue weighted by atomic mass is 16.5. The first-order valence-electron chi connectivity index (χ1n) is 8.65. The van der Waals surface area contributed by atoms with Crippen molar-refractivity contribution in [3.63, 3.8) is 0 Å². The van der Waals surface area contributed by atoms with E-state index >= 15 is 0 Å². The van der Waals surface area contributed by atoms with Gasteiger partial charge in [0.25, 0.3) is 0 Å². The van der Waals surface area contributed by atoms with Crippen LogP contribution in [0.3, 0.4) is 0 Å². The second-order valence-electron chi connectivity index (χ2n) is 6.32. The van der Waals surface area contributed by atoms with Crippen LogP contribution in [0, 0.1) is 0 Å². The molecule has 1 unspecified atom stereocenters. The molecule has 0 bridgehead atoms. The van der Waals surface area contributed by atoms with E-state index in [1.54, 1.807) is 7.11 Å². The second-order valence-corrected chi connectivity index (χ2v) is 6.32. The van der Waals surface area contributed by atoms with Gasteiger partial charge in [-0.25, -0.2) is 4.98 Å². The summed E-state index contributed by atoms with van der Waals surface area (Å²) in [7, 11) is 1.73. The van der Waals surface area contributed by atoms with Gasteiger partial charge in [0, 0.05) is 63.4 Å². The van der Waals surface area contributed by atoms with Crippen LogP contribution in [0.4, 0.5) is 0 Å². The third-order valence-electron chi connectivity index (χ3n) is 4.82. The molecular formula is C19H23N5O. The van der Waals surface area contributed by atoms with Crippen molar-refractivity contribution in [3.05, 3.63) is 72.3 Å². The minimum Gasteiger partial charge on any atom is -0.383 e. The Labute approximate surface area is 147 Å². The lowest BCUT2D eigenvalue weighted by Gasteiger charge is -2.37. The summed E-state index contributed by atoms with van der Waals surface area (Å²) in [6, 6.07) is 8.70. The zero-order chi connectivity index (χ0) is 17.1. The molecule has 0 amide bonds. The highest BCUT2D eigenvalue weighted by Gasteiger charge is 2.29. The predicted molar refractivity (Wildman–Crippen MR) is 95.0 cm³/mol. The van der Waals surface area contributed by atoms with Gasteiger partial charge in [0.15, 0.2) is 0 Å². The normalized spacial score (nSPS) is 17.6. The van der Waals surface area contributed by atoms with E-state index in [9.17, 15) is 0 Å². The van der Waals surface area contributed by atoms with Gasteiger partial charge in [-0.3, -0.25) is 9.88 Å². The lowest BCUT2D eigenvalue weighted by atomic mass is 10.0. The molecule has 1 aliphatic rings. The molecule has 1 aliphatic heterocycles. The van der Waals surface area contributed by atoms with Crippen LogP contribution in [-0.2, 0) is 24.4 Å². The molecule has 0 aromatic carbocycles. The zero-order valence-electron chi connectivity index (χ0n) is 14.5. The molecule has 0 radical (unpaired) electrons. The lowest BCUT2D eigenvalue weighted by Crippen LogP contribution is -2.38. The van der Waals surface area contributed by atoms with Crippen molar-refractivity contribution in [2.45, 2.75) is 25.7 Å². The SMILES string of the molecule is COCCn1ccnc1CN1CCn2cccc2C1c1cccnc1. The molecule has 0 fully saturated rings. The number of imidazole rings is 1. The number of hydrogen-bond acceptors (Lipinski definition) is 4. The second kappa shape index (κ2) is 7.21. The maximum atomic E-state index is 5.21. The molecule has 4 heterocycles. The maximum absolute atomic E-state index is 5.21. The molecule has 0 saturated heterocycles. The smallest absolute Gasteiger partial charge is 0.122 e. The number of nitrogens with zero attached hydrogens (tertiary/aromatic N) is 5. The summed E-state index contributed by atoms with van der Waals surface area (Å²) in [5.74, 6) is 1.07. The molecule has 0 saturated carbocycles. The molecule has 0 N–H and O–H groups in total. The fourth-order valence-electron chi connectivity index (χ4n) is 3.59. The predicted octanol–water partition coefficient (Wildman–Crippen LogP) is 2.33. The van der Waals surface area contributed by atoms with Crippen molar-refractivity contribution in [1.82, 2.24) is 24.0 Å². The summed E-state index contributed by atoms with van der Waals surface area (Å²) in [4.78, 5) is 11.4. The summed E-state index contributed by atoms with van der Waals surface area (Å²) in [6.45, 7) is 4.31. The average molecular weight is 337 g/mol. The molecule has 4 rings (SSSR count). The van der Waals surface area contributed by atoms with Crippen LogP contribution < -0.4 is 0 Å². The lowest BCUT2D eigenvalue weighted by molar-refractivity contribution is 0.161. The van der Waals surface area contributed by atoms with Gasteiger partial charge in [0.05, 0.1) is 19.2 Å². The highest BCUT2D eigenvalue weighted by Crippen LogP contribution is 2.32. The molecule has 0 spiro atoms. The Morgan fingerprint density at radius 1 is 1.16 bits per heavy atom. The van der Waals surface area contributed by atoms with E-state index in [4.69, 9.17) is 4.74 Å². The quantitative estimate of drug-likeness (QED) is 0.693.